The van der Waals surface area contributed by atoms with Gasteiger partial charge in [-0.15, -0.1) is 0 Å². The van der Waals surface area contributed by atoms with E-state index in [-0.39, 0.29) is 0 Å². The topological polar surface area (TPSA) is 27.6 Å². The molecule has 0 aliphatic carbocycles. The van der Waals surface area contributed by atoms with Gasteiger partial charge in [-0.25, -0.2) is 0 Å². The van der Waals surface area contributed by atoms with Crippen LogP contribution < -0.4 is 5.32 Å². The fraction of sp³-hybridized carbons (Fsp3) is 0.211. The van der Waals surface area contributed by atoms with Crippen molar-refractivity contribution in [1.82, 2.24) is 4.90 Å². The molecule has 0 bridgehead atoms. The second-order valence-electron chi connectivity index (χ2n) is 6.17. The molecule has 3 nitrogen and oxygen atoms in total. The lowest BCUT2D eigenvalue weighted by Gasteiger charge is -2.14. The SMILES string of the molecule is CN1Cc2ccc(NC=C3C=NCc4ccc(Br)cc43)cc2C1. The Morgan fingerprint density at radius 2 is 1.91 bits per heavy atom. The van der Waals surface area contributed by atoms with Crippen molar-refractivity contribution in [3.8, 4) is 0 Å². The number of aliphatic imine (C=N–C) groups is 1. The van der Waals surface area contributed by atoms with Gasteiger partial charge < -0.3 is 5.32 Å². The van der Waals surface area contributed by atoms with Crippen LogP contribution >= 0.6 is 15.9 Å². The van der Waals surface area contributed by atoms with E-state index in [4.69, 9.17) is 0 Å². The van der Waals surface area contributed by atoms with Gasteiger partial charge >= 0.3 is 0 Å². The summed E-state index contributed by atoms with van der Waals surface area (Å²) >= 11 is 3.56. The van der Waals surface area contributed by atoms with Crippen molar-refractivity contribution in [2.45, 2.75) is 19.6 Å². The monoisotopic (exact) mass is 367 g/mol. The molecule has 0 atom stereocenters. The van der Waals surface area contributed by atoms with Crippen LogP contribution in [-0.4, -0.2) is 18.2 Å². The Balaban J connectivity index is 1.60. The van der Waals surface area contributed by atoms with Crippen molar-refractivity contribution >= 4 is 33.4 Å². The Hall–Kier alpha value is -1.91. The van der Waals surface area contributed by atoms with E-state index in [1.807, 2.05) is 12.4 Å². The molecule has 4 rings (SSSR count). The summed E-state index contributed by atoms with van der Waals surface area (Å²) in [5.41, 5.74) is 7.59. The molecule has 2 aromatic carbocycles. The first kappa shape index (κ1) is 14.7. The fourth-order valence-electron chi connectivity index (χ4n) is 3.20. The number of nitrogens with one attached hydrogen (secondary N) is 1. The third-order valence-corrected chi connectivity index (χ3v) is 4.85. The van der Waals surface area contributed by atoms with Crippen LogP contribution in [0, 0.1) is 0 Å². The second-order valence-corrected chi connectivity index (χ2v) is 7.09. The average molecular weight is 368 g/mol. The zero-order chi connectivity index (χ0) is 15.8. The highest BCUT2D eigenvalue weighted by molar-refractivity contribution is 9.10. The lowest BCUT2D eigenvalue weighted by Crippen LogP contribution is -2.07. The van der Waals surface area contributed by atoms with Crippen molar-refractivity contribution < 1.29 is 0 Å². The largest absolute Gasteiger partial charge is 0.361 e. The van der Waals surface area contributed by atoms with Crippen molar-refractivity contribution in [2.24, 2.45) is 4.99 Å². The molecule has 0 saturated heterocycles. The normalized spacial score (nSPS) is 18.1. The quantitative estimate of drug-likeness (QED) is 0.849. The van der Waals surface area contributed by atoms with Gasteiger partial charge in [-0.1, -0.05) is 28.1 Å². The first-order valence-corrected chi connectivity index (χ1v) is 8.54. The zero-order valence-electron chi connectivity index (χ0n) is 13.0. The Morgan fingerprint density at radius 1 is 1.09 bits per heavy atom. The number of anilines is 1. The highest BCUT2D eigenvalue weighted by atomic mass is 79.9. The summed E-state index contributed by atoms with van der Waals surface area (Å²) in [6.45, 7) is 2.83. The van der Waals surface area contributed by atoms with E-state index in [0.29, 0.717) is 0 Å². The Labute approximate surface area is 144 Å². The summed E-state index contributed by atoms with van der Waals surface area (Å²) in [6.07, 6.45) is 4.00. The number of hydrogen-bond acceptors (Lipinski definition) is 3. The molecule has 2 heterocycles. The third kappa shape index (κ3) is 2.96. The van der Waals surface area contributed by atoms with Gasteiger partial charge in [-0.2, -0.15) is 0 Å². The molecule has 4 heteroatoms. The molecule has 23 heavy (non-hydrogen) atoms. The first-order chi connectivity index (χ1) is 11.2. The van der Waals surface area contributed by atoms with Crippen molar-refractivity contribution in [3.63, 3.8) is 0 Å². The fourth-order valence-corrected chi connectivity index (χ4v) is 3.56. The van der Waals surface area contributed by atoms with E-state index in [0.717, 1.165) is 35.4 Å². The molecule has 0 saturated carbocycles. The van der Waals surface area contributed by atoms with E-state index in [9.17, 15) is 0 Å². The highest BCUT2D eigenvalue weighted by Crippen LogP contribution is 2.28. The minimum Gasteiger partial charge on any atom is -0.361 e. The molecule has 0 spiro atoms. The van der Waals surface area contributed by atoms with Gasteiger partial charge in [0.1, 0.15) is 0 Å². The Kier molecular flexibility index (Phi) is 3.79. The number of benzene rings is 2. The average Bonchev–Trinajstić information content (AvgIpc) is 2.92. The third-order valence-electron chi connectivity index (χ3n) is 4.36. The number of hydrogen-bond donors (Lipinski definition) is 1. The number of rotatable bonds is 2. The van der Waals surface area contributed by atoms with Gasteiger partial charge in [0.05, 0.1) is 6.54 Å². The van der Waals surface area contributed by atoms with Crippen molar-refractivity contribution in [3.05, 3.63) is 69.3 Å². The van der Waals surface area contributed by atoms with Crippen molar-refractivity contribution in [2.75, 3.05) is 12.4 Å². The summed E-state index contributed by atoms with van der Waals surface area (Å²) in [5, 5.41) is 3.43. The standard InChI is InChI=1S/C19H18BrN3/c1-23-11-14-3-5-18(6-15(14)12-23)22-10-16-9-21-8-13-2-4-17(20)7-19(13)16/h2-7,9-10,22H,8,11-12H2,1H3. The molecule has 2 aromatic rings. The Bertz CT molecular complexity index is 823. The molecular weight excluding hydrogens is 350 g/mol. The number of allylic oxidation sites excluding steroid dienone is 1. The molecule has 0 unspecified atom stereocenters. The van der Waals surface area contributed by atoms with E-state index in [1.165, 1.54) is 22.3 Å². The van der Waals surface area contributed by atoms with Gasteiger partial charge in [-0.05, 0) is 53.6 Å². The van der Waals surface area contributed by atoms with E-state index in [1.54, 1.807) is 0 Å². The summed E-state index contributed by atoms with van der Waals surface area (Å²) in [5.74, 6) is 0. The minimum atomic E-state index is 0.755. The lowest BCUT2D eigenvalue weighted by molar-refractivity contribution is 0.353. The van der Waals surface area contributed by atoms with Crippen molar-refractivity contribution in [1.29, 1.82) is 0 Å². The molecule has 1 N–H and O–H groups in total. The summed E-state index contributed by atoms with van der Waals surface area (Å²) in [7, 11) is 2.16. The summed E-state index contributed by atoms with van der Waals surface area (Å²) in [4.78, 5) is 6.78. The predicted molar refractivity (Wildman–Crippen MR) is 99.6 cm³/mol. The van der Waals surface area contributed by atoms with Gasteiger partial charge in [0.25, 0.3) is 0 Å². The Morgan fingerprint density at radius 3 is 2.83 bits per heavy atom. The van der Waals surface area contributed by atoms with E-state index < -0.39 is 0 Å². The van der Waals surface area contributed by atoms with E-state index in [2.05, 4.69) is 74.6 Å². The van der Waals surface area contributed by atoms with Crippen LogP contribution in [0.2, 0.25) is 0 Å². The van der Waals surface area contributed by atoms with Gasteiger partial charge in [0, 0.05) is 41.2 Å². The molecular formula is C19H18BrN3. The van der Waals surface area contributed by atoms with Crippen LogP contribution in [0.3, 0.4) is 0 Å². The summed E-state index contributed by atoms with van der Waals surface area (Å²) < 4.78 is 1.10. The molecule has 0 radical (unpaired) electrons. The van der Waals surface area contributed by atoms with Crippen LogP contribution in [0.1, 0.15) is 22.3 Å². The van der Waals surface area contributed by atoms with Gasteiger partial charge in [0.15, 0.2) is 0 Å². The van der Waals surface area contributed by atoms with Crippen LogP contribution in [-0.2, 0) is 19.6 Å². The van der Waals surface area contributed by atoms with Gasteiger partial charge in [-0.3, -0.25) is 9.89 Å². The number of nitrogens with zero attached hydrogens (tertiary/aromatic N) is 2. The second kappa shape index (κ2) is 5.95. The lowest BCUT2D eigenvalue weighted by atomic mass is 9.99. The summed E-state index contributed by atoms with van der Waals surface area (Å²) in [6, 6.07) is 13.0. The van der Waals surface area contributed by atoms with Crippen LogP contribution in [0.15, 0.2) is 52.1 Å². The van der Waals surface area contributed by atoms with Gasteiger partial charge in [0.2, 0.25) is 0 Å². The molecule has 2 aliphatic rings. The van der Waals surface area contributed by atoms with Crippen LogP contribution in [0.25, 0.3) is 5.57 Å². The maximum atomic E-state index is 4.45. The number of fused-ring (bicyclic) bond motifs is 2. The molecule has 2 aliphatic heterocycles. The highest BCUT2D eigenvalue weighted by Gasteiger charge is 2.15. The molecule has 0 amide bonds. The zero-order valence-corrected chi connectivity index (χ0v) is 14.6. The number of halogens is 1. The van der Waals surface area contributed by atoms with E-state index >= 15 is 0 Å². The maximum Gasteiger partial charge on any atom is 0.0646 e. The maximum absolute atomic E-state index is 4.45. The predicted octanol–water partition coefficient (Wildman–Crippen LogP) is 4.43. The first-order valence-electron chi connectivity index (χ1n) is 7.75. The van der Waals surface area contributed by atoms with Crippen LogP contribution in [0.5, 0.6) is 0 Å². The molecule has 116 valence electrons. The smallest absolute Gasteiger partial charge is 0.0646 e. The van der Waals surface area contributed by atoms with Crippen LogP contribution in [0.4, 0.5) is 5.69 Å². The minimum absolute atomic E-state index is 0.755. The molecule has 0 fully saturated rings. The molecule has 0 aromatic heterocycles.